The molecule has 4 heteroatoms. The second-order valence-corrected chi connectivity index (χ2v) is 5.29. The van der Waals surface area contributed by atoms with Gasteiger partial charge in [-0.2, -0.15) is 5.10 Å². The van der Waals surface area contributed by atoms with E-state index in [1.54, 1.807) is 0 Å². The molecule has 0 aromatic carbocycles. The van der Waals surface area contributed by atoms with Crippen molar-refractivity contribution in [2.45, 2.75) is 45.6 Å². The predicted octanol–water partition coefficient (Wildman–Crippen LogP) is 2.74. The number of likely N-dealkylation sites (N-methyl/N-ethyl adjacent to an activating group) is 1. The van der Waals surface area contributed by atoms with Crippen molar-refractivity contribution in [3.05, 3.63) is 17.8 Å². The first-order valence-electron chi connectivity index (χ1n) is 6.78. The van der Waals surface area contributed by atoms with Gasteiger partial charge in [0.2, 0.25) is 0 Å². The van der Waals surface area contributed by atoms with Gasteiger partial charge in [0.1, 0.15) is 5.82 Å². The molecule has 0 saturated heterocycles. The molecule has 1 N–H and O–H groups in total. The van der Waals surface area contributed by atoms with Crippen LogP contribution in [0.3, 0.4) is 0 Å². The summed E-state index contributed by atoms with van der Waals surface area (Å²) < 4.78 is 0. The smallest absolute Gasteiger partial charge is 0.148 e. The normalized spacial score (nSPS) is 13.1. The van der Waals surface area contributed by atoms with Crippen LogP contribution in [-0.4, -0.2) is 41.8 Å². The van der Waals surface area contributed by atoms with Crippen molar-refractivity contribution in [1.82, 2.24) is 15.1 Å². The standard InChI is InChI=1S/C14H26N4/c1-6-7-12(18(4)5)10-15-14-9-8-13(11(2)3)16-17-14/h8-9,11-12H,6-7,10H2,1-5H3,(H,15,17). The van der Waals surface area contributed by atoms with Gasteiger partial charge < -0.3 is 10.2 Å². The third-order valence-electron chi connectivity index (χ3n) is 3.15. The molecule has 0 radical (unpaired) electrons. The fraction of sp³-hybridized carbons (Fsp3) is 0.714. The monoisotopic (exact) mass is 250 g/mol. The Morgan fingerprint density at radius 3 is 2.39 bits per heavy atom. The van der Waals surface area contributed by atoms with Gasteiger partial charge in [-0.25, -0.2) is 0 Å². The van der Waals surface area contributed by atoms with Gasteiger partial charge in [-0.05, 0) is 38.6 Å². The van der Waals surface area contributed by atoms with Gasteiger partial charge >= 0.3 is 0 Å². The van der Waals surface area contributed by atoms with E-state index >= 15 is 0 Å². The number of rotatable bonds is 7. The SMILES string of the molecule is CCCC(CNc1ccc(C(C)C)nn1)N(C)C. The highest BCUT2D eigenvalue weighted by atomic mass is 15.2. The molecule has 0 aliphatic heterocycles. The molecule has 1 aromatic rings. The lowest BCUT2D eigenvalue weighted by Crippen LogP contribution is -2.34. The summed E-state index contributed by atoms with van der Waals surface area (Å²) in [6.45, 7) is 7.38. The quantitative estimate of drug-likeness (QED) is 0.808. The van der Waals surface area contributed by atoms with E-state index in [1.807, 2.05) is 12.1 Å². The van der Waals surface area contributed by atoms with Crippen LogP contribution < -0.4 is 5.32 Å². The largest absolute Gasteiger partial charge is 0.367 e. The van der Waals surface area contributed by atoms with Crippen LogP contribution in [0.25, 0.3) is 0 Å². The fourth-order valence-corrected chi connectivity index (χ4v) is 1.84. The molecule has 1 heterocycles. The highest BCUT2D eigenvalue weighted by Gasteiger charge is 2.10. The minimum absolute atomic E-state index is 0.432. The van der Waals surface area contributed by atoms with Crippen molar-refractivity contribution in [2.24, 2.45) is 0 Å². The summed E-state index contributed by atoms with van der Waals surface area (Å²) in [5, 5.41) is 11.8. The third-order valence-corrected chi connectivity index (χ3v) is 3.15. The lowest BCUT2D eigenvalue weighted by atomic mass is 10.1. The van der Waals surface area contributed by atoms with Gasteiger partial charge in [-0.3, -0.25) is 0 Å². The summed E-state index contributed by atoms with van der Waals surface area (Å²) in [5.41, 5.74) is 1.04. The Kier molecular flexibility index (Phi) is 6.05. The molecule has 0 aliphatic rings. The van der Waals surface area contributed by atoms with Crippen LogP contribution in [-0.2, 0) is 0 Å². The second kappa shape index (κ2) is 7.31. The maximum absolute atomic E-state index is 4.22. The average molecular weight is 250 g/mol. The van der Waals surface area contributed by atoms with Crippen molar-refractivity contribution in [3.8, 4) is 0 Å². The van der Waals surface area contributed by atoms with Gasteiger partial charge in [0.25, 0.3) is 0 Å². The minimum atomic E-state index is 0.432. The second-order valence-electron chi connectivity index (χ2n) is 5.29. The summed E-state index contributed by atoms with van der Waals surface area (Å²) in [4.78, 5) is 2.26. The first-order valence-corrected chi connectivity index (χ1v) is 6.78. The van der Waals surface area contributed by atoms with E-state index < -0.39 is 0 Å². The van der Waals surface area contributed by atoms with Crippen LogP contribution in [0.2, 0.25) is 0 Å². The molecular formula is C14H26N4. The first-order chi connectivity index (χ1) is 8.54. The van der Waals surface area contributed by atoms with E-state index in [4.69, 9.17) is 0 Å². The summed E-state index contributed by atoms with van der Waals surface area (Å²) in [6.07, 6.45) is 2.39. The number of hydrogen-bond acceptors (Lipinski definition) is 4. The maximum Gasteiger partial charge on any atom is 0.148 e. The lowest BCUT2D eigenvalue weighted by molar-refractivity contribution is 0.288. The van der Waals surface area contributed by atoms with Crippen LogP contribution in [0.15, 0.2) is 12.1 Å². The van der Waals surface area contributed by atoms with Crippen molar-refractivity contribution < 1.29 is 0 Å². The number of nitrogens with one attached hydrogen (secondary N) is 1. The fourth-order valence-electron chi connectivity index (χ4n) is 1.84. The molecule has 1 rings (SSSR count). The Labute approximate surface area is 111 Å². The summed E-state index contributed by atoms with van der Waals surface area (Å²) in [7, 11) is 4.24. The molecule has 0 aliphatic carbocycles. The number of aromatic nitrogens is 2. The predicted molar refractivity (Wildman–Crippen MR) is 77.0 cm³/mol. The molecule has 1 unspecified atom stereocenters. The molecule has 18 heavy (non-hydrogen) atoms. The van der Waals surface area contributed by atoms with Crippen molar-refractivity contribution >= 4 is 5.82 Å². The van der Waals surface area contributed by atoms with Crippen LogP contribution in [0.5, 0.6) is 0 Å². The average Bonchev–Trinajstić information content (AvgIpc) is 2.34. The van der Waals surface area contributed by atoms with Gasteiger partial charge in [0, 0.05) is 12.6 Å². The third kappa shape index (κ3) is 4.61. The van der Waals surface area contributed by atoms with E-state index in [0.29, 0.717) is 12.0 Å². The zero-order valence-electron chi connectivity index (χ0n) is 12.3. The van der Waals surface area contributed by atoms with E-state index in [2.05, 4.69) is 55.3 Å². The van der Waals surface area contributed by atoms with Gasteiger partial charge in [-0.15, -0.1) is 5.10 Å². The Balaban J connectivity index is 2.51. The van der Waals surface area contributed by atoms with Crippen LogP contribution in [0.4, 0.5) is 5.82 Å². The Bertz CT molecular complexity index is 332. The zero-order valence-corrected chi connectivity index (χ0v) is 12.3. The van der Waals surface area contributed by atoms with E-state index in [0.717, 1.165) is 18.1 Å². The Morgan fingerprint density at radius 2 is 1.94 bits per heavy atom. The molecule has 1 aromatic heterocycles. The highest BCUT2D eigenvalue weighted by Crippen LogP contribution is 2.12. The molecule has 4 nitrogen and oxygen atoms in total. The summed E-state index contributed by atoms with van der Waals surface area (Å²) >= 11 is 0. The van der Waals surface area contributed by atoms with Crippen molar-refractivity contribution in [2.75, 3.05) is 26.0 Å². The van der Waals surface area contributed by atoms with Crippen LogP contribution in [0, 0.1) is 0 Å². The zero-order chi connectivity index (χ0) is 13.5. The molecule has 0 saturated carbocycles. The topological polar surface area (TPSA) is 41.1 Å². The highest BCUT2D eigenvalue weighted by molar-refractivity contribution is 5.33. The molecule has 102 valence electrons. The van der Waals surface area contributed by atoms with Gasteiger partial charge in [0.15, 0.2) is 0 Å². The first kappa shape index (κ1) is 14.9. The van der Waals surface area contributed by atoms with E-state index in [9.17, 15) is 0 Å². The van der Waals surface area contributed by atoms with Crippen LogP contribution in [0.1, 0.15) is 45.2 Å². The molecule has 0 bridgehead atoms. The molecule has 0 fully saturated rings. The van der Waals surface area contributed by atoms with Crippen molar-refractivity contribution in [1.29, 1.82) is 0 Å². The van der Waals surface area contributed by atoms with Gasteiger partial charge in [-0.1, -0.05) is 27.2 Å². The molecular weight excluding hydrogens is 224 g/mol. The molecule has 0 amide bonds. The van der Waals surface area contributed by atoms with Crippen molar-refractivity contribution in [3.63, 3.8) is 0 Å². The van der Waals surface area contributed by atoms with Crippen LogP contribution >= 0.6 is 0 Å². The van der Waals surface area contributed by atoms with E-state index in [-0.39, 0.29) is 0 Å². The van der Waals surface area contributed by atoms with Gasteiger partial charge in [0.05, 0.1) is 5.69 Å². The Hall–Kier alpha value is -1.16. The maximum atomic E-state index is 4.22. The summed E-state index contributed by atoms with van der Waals surface area (Å²) in [5.74, 6) is 1.29. The number of anilines is 1. The van der Waals surface area contributed by atoms with E-state index in [1.165, 1.54) is 12.8 Å². The minimum Gasteiger partial charge on any atom is -0.367 e. The molecule has 0 spiro atoms. The summed E-state index contributed by atoms with van der Waals surface area (Å²) in [6, 6.07) is 4.60. The number of hydrogen-bond donors (Lipinski definition) is 1. The number of nitrogens with zero attached hydrogens (tertiary/aromatic N) is 3. The Morgan fingerprint density at radius 1 is 1.22 bits per heavy atom. The molecule has 1 atom stereocenters. The lowest BCUT2D eigenvalue weighted by Gasteiger charge is -2.24.